The summed E-state index contributed by atoms with van der Waals surface area (Å²) < 4.78 is 0. The van der Waals surface area contributed by atoms with Crippen LogP contribution in [0.25, 0.3) is 0 Å². The Morgan fingerprint density at radius 1 is 1.14 bits per heavy atom. The lowest BCUT2D eigenvalue weighted by molar-refractivity contribution is -0.138. The number of carbonyl (C=O) groups is 2. The molecule has 0 bridgehead atoms. The van der Waals surface area contributed by atoms with Gasteiger partial charge in [0.15, 0.2) is 0 Å². The monoisotopic (exact) mass is 379 g/mol. The SMILES string of the molecule is CCN(C(=O)c1ccc(C(=N)N)cc1)c1ccc2c(c1)CC(CC(=O)O)CC2. The van der Waals surface area contributed by atoms with Crippen molar-refractivity contribution >= 4 is 23.4 Å². The average Bonchev–Trinajstić information content (AvgIpc) is 2.67. The second kappa shape index (κ2) is 8.25. The number of aliphatic carboxylic acids is 1. The fourth-order valence-corrected chi connectivity index (χ4v) is 3.80. The number of carboxylic acids is 1. The first kappa shape index (κ1) is 19.6. The van der Waals surface area contributed by atoms with Gasteiger partial charge in [-0.1, -0.05) is 18.2 Å². The minimum absolute atomic E-state index is 0.0306. The Hall–Kier alpha value is -3.15. The lowest BCUT2D eigenvalue weighted by Gasteiger charge is -2.27. The van der Waals surface area contributed by atoms with Crippen LogP contribution in [0.15, 0.2) is 42.5 Å². The number of anilines is 1. The van der Waals surface area contributed by atoms with Crippen molar-refractivity contribution in [3.8, 4) is 0 Å². The molecule has 1 amide bonds. The summed E-state index contributed by atoms with van der Waals surface area (Å²) in [7, 11) is 0. The maximum atomic E-state index is 13.0. The molecule has 0 fully saturated rings. The molecule has 4 N–H and O–H groups in total. The summed E-state index contributed by atoms with van der Waals surface area (Å²) in [5.74, 6) is -0.762. The van der Waals surface area contributed by atoms with Gasteiger partial charge in [-0.2, -0.15) is 0 Å². The maximum Gasteiger partial charge on any atom is 0.303 e. The highest BCUT2D eigenvalue weighted by molar-refractivity contribution is 6.06. The van der Waals surface area contributed by atoms with Crippen LogP contribution in [0.2, 0.25) is 0 Å². The number of rotatable bonds is 6. The first-order chi connectivity index (χ1) is 13.4. The van der Waals surface area contributed by atoms with E-state index in [9.17, 15) is 9.59 Å². The number of nitrogen functional groups attached to an aromatic ring is 1. The van der Waals surface area contributed by atoms with E-state index >= 15 is 0 Å². The Kier molecular flexibility index (Phi) is 5.78. The van der Waals surface area contributed by atoms with Crippen LogP contribution < -0.4 is 10.6 Å². The van der Waals surface area contributed by atoms with E-state index in [0.29, 0.717) is 17.7 Å². The quantitative estimate of drug-likeness (QED) is 0.529. The number of nitrogens with two attached hydrogens (primary N) is 1. The Balaban J connectivity index is 1.83. The Morgan fingerprint density at radius 3 is 2.43 bits per heavy atom. The molecule has 0 saturated heterocycles. The van der Waals surface area contributed by atoms with Crippen LogP contribution >= 0.6 is 0 Å². The summed E-state index contributed by atoms with van der Waals surface area (Å²) in [5.41, 5.74) is 9.78. The van der Waals surface area contributed by atoms with E-state index in [-0.39, 0.29) is 24.1 Å². The first-order valence-corrected chi connectivity index (χ1v) is 9.49. The normalized spacial score (nSPS) is 15.5. The van der Waals surface area contributed by atoms with Crippen LogP contribution in [0, 0.1) is 11.3 Å². The number of fused-ring (bicyclic) bond motifs is 1. The minimum Gasteiger partial charge on any atom is -0.481 e. The van der Waals surface area contributed by atoms with Gasteiger partial charge in [0.25, 0.3) is 5.91 Å². The Labute approximate surface area is 164 Å². The molecule has 0 spiro atoms. The van der Waals surface area contributed by atoms with Crippen molar-refractivity contribution in [1.29, 1.82) is 5.41 Å². The number of carbonyl (C=O) groups excluding carboxylic acids is 1. The number of aryl methyl sites for hydroxylation is 1. The molecule has 0 saturated carbocycles. The van der Waals surface area contributed by atoms with Crippen molar-refractivity contribution in [2.75, 3.05) is 11.4 Å². The topological polar surface area (TPSA) is 107 Å². The van der Waals surface area contributed by atoms with Gasteiger partial charge in [-0.25, -0.2) is 0 Å². The second-order valence-corrected chi connectivity index (χ2v) is 7.20. The molecular formula is C22H25N3O3. The molecule has 1 atom stereocenters. The fraction of sp³-hybridized carbons (Fsp3) is 0.318. The van der Waals surface area contributed by atoms with Gasteiger partial charge in [-0.05, 0) is 67.5 Å². The van der Waals surface area contributed by atoms with Crippen molar-refractivity contribution < 1.29 is 14.7 Å². The number of hydrogen-bond acceptors (Lipinski definition) is 3. The molecule has 1 aliphatic carbocycles. The zero-order valence-corrected chi connectivity index (χ0v) is 15.9. The third-order valence-corrected chi connectivity index (χ3v) is 5.30. The van der Waals surface area contributed by atoms with Gasteiger partial charge in [0.05, 0.1) is 0 Å². The average molecular weight is 379 g/mol. The number of hydrogen-bond donors (Lipinski definition) is 3. The van der Waals surface area contributed by atoms with Crippen molar-refractivity contribution in [3.05, 3.63) is 64.7 Å². The summed E-state index contributed by atoms with van der Waals surface area (Å²) in [5, 5.41) is 16.5. The number of benzene rings is 2. The molecule has 28 heavy (non-hydrogen) atoms. The highest BCUT2D eigenvalue weighted by Crippen LogP contribution is 2.31. The molecule has 1 aliphatic rings. The van der Waals surface area contributed by atoms with E-state index in [4.69, 9.17) is 16.2 Å². The summed E-state index contributed by atoms with van der Waals surface area (Å²) in [6, 6.07) is 12.7. The molecule has 6 nitrogen and oxygen atoms in total. The summed E-state index contributed by atoms with van der Waals surface area (Å²) in [6.45, 7) is 2.44. The van der Waals surface area contributed by atoms with E-state index in [1.54, 1.807) is 29.2 Å². The fourth-order valence-electron chi connectivity index (χ4n) is 3.80. The number of amides is 1. The van der Waals surface area contributed by atoms with E-state index in [2.05, 4.69) is 6.07 Å². The van der Waals surface area contributed by atoms with Crippen LogP contribution in [0.5, 0.6) is 0 Å². The van der Waals surface area contributed by atoms with Gasteiger partial charge < -0.3 is 15.7 Å². The smallest absolute Gasteiger partial charge is 0.303 e. The number of carboxylic acid groups (broad SMARTS) is 1. The van der Waals surface area contributed by atoms with Crippen LogP contribution in [0.3, 0.4) is 0 Å². The molecule has 2 aromatic carbocycles. The van der Waals surface area contributed by atoms with Gasteiger partial charge in [-0.15, -0.1) is 0 Å². The number of nitrogens with zero attached hydrogens (tertiary/aromatic N) is 1. The first-order valence-electron chi connectivity index (χ1n) is 9.49. The molecular weight excluding hydrogens is 354 g/mol. The van der Waals surface area contributed by atoms with Crippen molar-refractivity contribution in [2.24, 2.45) is 11.7 Å². The number of amidine groups is 1. The summed E-state index contributed by atoms with van der Waals surface area (Å²) in [6.07, 6.45) is 2.68. The van der Waals surface area contributed by atoms with Gasteiger partial charge in [-0.3, -0.25) is 15.0 Å². The van der Waals surface area contributed by atoms with E-state index in [1.165, 1.54) is 5.56 Å². The van der Waals surface area contributed by atoms with E-state index < -0.39 is 5.97 Å². The highest BCUT2D eigenvalue weighted by atomic mass is 16.4. The molecule has 6 heteroatoms. The van der Waals surface area contributed by atoms with Crippen LogP contribution in [0.4, 0.5) is 5.69 Å². The van der Waals surface area contributed by atoms with Gasteiger partial charge in [0.1, 0.15) is 5.84 Å². The molecule has 0 radical (unpaired) electrons. The van der Waals surface area contributed by atoms with Crippen molar-refractivity contribution in [1.82, 2.24) is 0 Å². The maximum absolute atomic E-state index is 13.0. The molecule has 2 aromatic rings. The molecule has 0 aliphatic heterocycles. The minimum atomic E-state index is -0.760. The van der Waals surface area contributed by atoms with Gasteiger partial charge in [0, 0.05) is 29.8 Å². The third-order valence-electron chi connectivity index (χ3n) is 5.30. The number of nitrogens with one attached hydrogen (secondary N) is 1. The summed E-state index contributed by atoms with van der Waals surface area (Å²) >= 11 is 0. The standard InChI is InChI=1S/C22H25N3O3/c1-2-25(22(28)17-7-5-16(6-8-17)21(23)24)19-10-9-15-4-3-14(12-20(26)27)11-18(15)13-19/h5-10,13-14H,2-4,11-12H2,1H3,(H3,23,24)(H,26,27). The lowest BCUT2D eigenvalue weighted by atomic mass is 9.82. The van der Waals surface area contributed by atoms with Crippen LogP contribution in [-0.2, 0) is 17.6 Å². The largest absolute Gasteiger partial charge is 0.481 e. The zero-order valence-electron chi connectivity index (χ0n) is 15.9. The Bertz CT molecular complexity index is 906. The molecule has 146 valence electrons. The van der Waals surface area contributed by atoms with Gasteiger partial charge >= 0.3 is 5.97 Å². The van der Waals surface area contributed by atoms with Crippen LogP contribution in [0.1, 0.15) is 46.8 Å². The van der Waals surface area contributed by atoms with E-state index in [1.807, 2.05) is 19.1 Å². The van der Waals surface area contributed by atoms with Crippen molar-refractivity contribution in [2.45, 2.75) is 32.6 Å². The summed E-state index contributed by atoms with van der Waals surface area (Å²) in [4.78, 5) is 25.8. The van der Waals surface area contributed by atoms with Gasteiger partial charge in [0.2, 0.25) is 0 Å². The molecule has 3 rings (SSSR count). The second-order valence-electron chi connectivity index (χ2n) is 7.20. The zero-order chi connectivity index (χ0) is 20.3. The van der Waals surface area contributed by atoms with E-state index in [0.717, 1.165) is 30.5 Å². The molecule has 0 aromatic heterocycles. The highest BCUT2D eigenvalue weighted by Gasteiger charge is 2.23. The van der Waals surface area contributed by atoms with Crippen LogP contribution in [-0.4, -0.2) is 29.4 Å². The Morgan fingerprint density at radius 2 is 1.82 bits per heavy atom. The predicted molar refractivity (Wildman–Crippen MR) is 109 cm³/mol. The third kappa shape index (κ3) is 4.22. The van der Waals surface area contributed by atoms with Crippen molar-refractivity contribution in [3.63, 3.8) is 0 Å². The molecule has 1 unspecified atom stereocenters. The predicted octanol–water partition coefficient (Wildman–Crippen LogP) is 3.22. The lowest BCUT2D eigenvalue weighted by Crippen LogP contribution is -2.31. The molecule has 0 heterocycles.